The van der Waals surface area contributed by atoms with Gasteiger partial charge in [-0.25, -0.2) is 0 Å². The summed E-state index contributed by atoms with van der Waals surface area (Å²) in [5.74, 6) is 1.06. The van der Waals surface area contributed by atoms with Crippen LogP contribution in [0.2, 0.25) is 0 Å². The van der Waals surface area contributed by atoms with E-state index in [1.54, 1.807) is 0 Å². The monoisotopic (exact) mass is 178 g/mol. The Morgan fingerprint density at radius 2 is 2.00 bits per heavy atom. The van der Waals surface area contributed by atoms with E-state index in [1.807, 2.05) is 36.2 Å². The van der Waals surface area contributed by atoms with Crippen LogP contribution >= 0.6 is 11.8 Å². The minimum Gasteiger partial charge on any atom is -0.499 e. The largest absolute Gasteiger partial charge is 0.499 e. The van der Waals surface area contributed by atoms with Gasteiger partial charge in [0.2, 0.25) is 0 Å². The van der Waals surface area contributed by atoms with Crippen molar-refractivity contribution in [3.8, 4) is 0 Å². The average molecular weight is 178 g/mol. The van der Waals surface area contributed by atoms with Gasteiger partial charge in [0.25, 0.3) is 0 Å². The number of benzene rings is 1. The zero-order valence-corrected chi connectivity index (χ0v) is 7.51. The standard InChI is InChI=1S/C10H10OS/c1-2-4-9(5-3-1)10-8-11-6-7-12-10/h1-5,8H,6-7H2. The molecule has 1 aromatic rings. The van der Waals surface area contributed by atoms with E-state index in [9.17, 15) is 0 Å². The third-order valence-corrected chi connectivity index (χ3v) is 2.72. The Hall–Kier alpha value is -0.890. The molecule has 0 radical (unpaired) electrons. The SMILES string of the molecule is C1=C(c2ccccc2)SCCO1. The van der Waals surface area contributed by atoms with Crippen molar-refractivity contribution in [1.82, 2.24) is 0 Å². The van der Waals surface area contributed by atoms with E-state index < -0.39 is 0 Å². The van der Waals surface area contributed by atoms with Crippen molar-refractivity contribution in [3.63, 3.8) is 0 Å². The van der Waals surface area contributed by atoms with Crippen LogP contribution in [-0.4, -0.2) is 12.4 Å². The predicted octanol–water partition coefficient (Wildman–Crippen LogP) is 2.75. The molecule has 1 aliphatic rings. The van der Waals surface area contributed by atoms with Crippen LogP contribution in [0, 0.1) is 0 Å². The molecule has 0 fully saturated rings. The first-order valence-electron chi connectivity index (χ1n) is 3.97. The topological polar surface area (TPSA) is 9.23 Å². The van der Waals surface area contributed by atoms with Crippen LogP contribution in [0.15, 0.2) is 36.6 Å². The molecule has 0 saturated carbocycles. The van der Waals surface area contributed by atoms with Crippen molar-refractivity contribution in [2.75, 3.05) is 12.4 Å². The molecule has 0 saturated heterocycles. The van der Waals surface area contributed by atoms with Gasteiger partial charge in [-0.2, -0.15) is 0 Å². The average Bonchev–Trinajstić information content (AvgIpc) is 2.21. The molecule has 0 aliphatic carbocycles. The summed E-state index contributed by atoms with van der Waals surface area (Å²) in [6.45, 7) is 0.834. The Labute approximate surface area is 76.4 Å². The smallest absolute Gasteiger partial charge is 0.0971 e. The second-order valence-corrected chi connectivity index (χ2v) is 3.70. The van der Waals surface area contributed by atoms with Gasteiger partial charge in [-0.1, -0.05) is 30.3 Å². The zero-order chi connectivity index (χ0) is 8.23. The van der Waals surface area contributed by atoms with Crippen molar-refractivity contribution < 1.29 is 4.74 Å². The van der Waals surface area contributed by atoms with Crippen LogP contribution < -0.4 is 0 Å². The lowest BCUT2D eigenvalue weighted by Gasteiger charge is -2.12. The van der Waals surface area contributed by atoms with E-state index in [1.165, 1.54) is 10.5 Å². The summed E-state index contributed by atoms with van der Waals surface area (Å²) in [6.07, 6.45) is 1.85. The summed E-state index contributed by atoms with van der Waals surface area (Å²) in [6, 6.07) is 10.3. The maximum Gasteiger partial charge on any atom is 0.0971 e. The van der Waals surface area contributed by atoms with Crippen molar-refractivity contribution >= 4 is 16.7 Å². The Morgan fingerprint density at radius 3 is 2.67 bits per heavy atom. The summed E-state index contributed by atoms with van der Waals surface area (Å²) >= 11 is 1.85. The summed E-state index contributed by atoms with van der Waals surface area (Å²) in [5, 5.41) is 0. The van der Waals surface area contributed by atoms with Crippen molar-refractivity contribution in [2.24, 2.45) is 0 Å². The van der Waals surface area contributed by atoms with E-state index in [4.69, 9.17) is 4.74 Å². The third kappa shape index (κ3) is 1.64. The molecule has 2 heteroatoms. The Bertz CT molecular complexity index is 279. The molecular weight excluding hydrogens is 168 g/mol. The van der Waals surface area contributed by atoms with E-state index in [-0.39, 0.29) is 0 Å². The minimum atomic E-state index is 0.834. The molecule has 0 atom stereocenters. The summed E-state index contributed by atoms with van der Waals surface area (Å²) in [4.78, 5) is 1.24. The van der Waals surface area contributed by atoms with Gasteiger partial charge in [-0.05, 0) is 5.56 Å². The van der Waals surface area contributed by atoms with Gasteiger partial charge in [-0.15, -0.1) is 11.8 Å². The van der Waals surface area contributed by atoms with Gasteiger partial charge < -0.3 is 4.74 Å². The number of thioether (sulfide) groups is 1. The molecule has 12 heavy (non-hydrogen) atoms. The Balaban J connectivity index is 2.24. The number of ether oxygens (including phenoxy) is 1. The fourth-order valence-corrected chi connectivity index (χ4v) is 1.96. The molecule has 0 aromatic heterocycles. The van der Waals surface area contributed by atoms with Gasteiger partial charge in [0.1, 0.15) is 0 Å². The summed E-state index contributed by atoms with van der Waals surface area (Å²) in [7, 11) is 0. The Kier molecular flexibility index (Phi) is 2.37. The zero-order valence-electron chi connectivity index (χ0n) is 6.69. The van der Waals surface area contributed by atoms with Crippen LogP contribution in [0.25, 0.3) is 4.91 Å². The fraction of sp³-hybridized carbons (Fsp3) is 0.200. The van der Waals surface area contributed by atoms with E-state index in [0.29, 0.717) is 0 Å². The van der Waals surface area contributed by atoms with Gasteiger partial charge in [-0.3, -0.25) is 0 Å². The van der Waals surface area contributed by atoms with Crippen molar-refractivity contribution in [1.29, 1.82) is 0 Å². The number of hydrogen-bond acceptors (Lipinski definition) is 2. The van der Waals surface area contributed by atoms with Gasteiger partial charge in [0, 0.05) is 10.7 Å². The minimum absolute atomic E-state index is 0.834. The molecule has 0 bridgehead atoms. The van der Waals surface area contributed by atoms with Gasteiger partial charge >= 0.3 is 0 Å². The number of hydrogen-bond donors (Lipinski definition) is 0. The summed E-state index contributed by atoms with van der Waals surface area (Å²) in [5.41, 5.74) is 1.25. The Morgan fingerprint density at radius 1 is 1.17 bits per heavy atom. The third-order valence-electron chi connectivity index (χ3n) is 1.71. The normalized spacial score (nSPS) is 16.5. The van der Waals surface area contributed by atoms with Crippen LogP contribution in [0.5, 0.6) is 0 Å². The molecule has 62 valence electrons. The second kappa shape index (κ2) is 3.68. The molecule has 1 heterocycles. The maximum atomic E-state index is 5.25. The van der Waals surface area contributed by atoms with E-state index in [0.717, 1.165) is 12.4 Å². The number of rotatable bonds is 1. The second-order valence-electron chi connectivity index (χ2n) is 2.57. The van der Waals surface area contributed by atoms with Crippen LogP contribution in [0.3, 0.4) is 0 Å². The first-order valence-corrected chi connectivity index (χ1v) is 4.95. The lowest BCUT2D eigenvalue weighted by Crippen LogP contribution is -1.98. The van der Waals surface area contributed by atoms with Crippen LogP contribution in [-0.2, 0) is 4.74 Å². The highest BCUT2D eigenvalue weighted by Gasteiger charge is 2.05. The molecule has 2 rings (SSSR count). The van der Waals surface area contributed by atoms with Crippen molar-refractivity contribution in [3.05, 3.63) is 42.2 Å². The molecular formula is C10H10OS. The fourth-order valence-electron chi connectivity index (χ4n) is 1.12. The first-order chi connectivity index (χ1) is 5.97. The molecule has 1 aromatic carbocycles. The maximum absolute atomic E-state index is 5.25. The molecule has 1 aliphatic heterocycles. The molecule has 0 spiro atoms. The van der Waals surface area contributed by atoms with Gasteiger partial charge in [0.15, 0.2) is 0 Å². The van der Waals surface area contributed by atoms with Gasteiger partial charge in [0.05, 0.1) is 12.9 Å². The molecule has 0 unspecified atom stereocenters. The highest BCUT2D eigenvalue weighted by Crippen LogP contribution is 2.29. The van der Waals surface area contributed by atoms with E-state index in [2.05, 4.69) is 12.1 Å². The summed E-state index contributed by atoms with van der Waals surface area (Å²) < 4.78 is 5.25. The molecule has 0 amide bonds. The predicted molar refractivity (Wildman–Crippen MR) is 52.8 cm³/mol. The quantitative estimate of drug-likeness (QED) is 0.654. The van der Waals surface area contributed by atoms with Crippen LogP contribution in [0.4, 0.5) is 0 Å². The lowest BCUT2D eigenvalue weighted by atomic mass is 10.2. The highest BCUT2D eigenvalue weighted by molar-refractivity contribution is 8.08. The molecule has 0 N–H and O–H groups in total. The van der Waals surface area contributed by atoms with Crippen LogP contribution in [0.1, 0.15) is 5.56 Å². The first kappa shape index (κ1) is 7.74. The lowest BCUT2D eigenvalue weighted by molar-refractivity contribution is 0.272. The van der Waals surface area contributed by atoms with E-state index >= 15 is 0 Å². The van der Waals surface area contributed by atoms with Crippen molar-refractivity contribution in [2.45, 2.75) is 0 Å². The highest BCUT2D eigenvalue weighted by atomic mass is 32.2. The molecule has 1 nitrogen and oxygen atoms in total.